The Balaban J connectivity index is 1.68. The summed E-state index contributed by atoms with van der Waals surface area (Å²) in [4.78, 5) is 35.1. The number of carbonyl (C=O) groups is 2. The standard InChI is InChI=1S/C20H19N5O4/c1-14(15-7-3-2-4-8-15)21-20(27)16-9-5-6-10-17(16)22-19(26)13-24-12-11-18(23-24)25(28)29/h2-12,14H,13H2,1H3,(H,21,27)(H,22,26)/t14-/m1/s1. The zero-order chi connectivity index (χ0) is 20.8. The molecule has 0 spiro atoms. The van der Waals surface area contributed by atoms with Gasteiger partial charge in [0, 0.05) is 0 Å². The van der Waals surface area contributed by atoms with Gasteiger partial charge in [0.05, 0.1) is 34.7 Å². The van der Waals surface area contributed by atoms with E-state index in [1.165, 1.54) is 12.3 Å². The van der Waals surface area contributed by atoms with Gasteiger partial charge in [-0.25, -0.2) is 0 Å². The molecule has 3 rings (SSSR count). The van der Waals surface area contributed by atoms with E-state index in [2.05, 4.69) is 15.7 Å². The fourth-order valence-electron chi connectivity index (χ4n) is 2.76. The summed E-state index contributed by atoms with van der Waals surface area (Å²) in [5.41, 5.74) is 1.62. The minimum atomic E-state index is -0.637. The molecule has 9 nitrogen and oxygen atoms in total. The van der Waals surface area contributed by atoms with Gasteiger partial charge in [0.2, 0.25) is 5.91 Å². The first kappa shape index (κ1) is 19.7. The lowest BCUT2D eigenvalue weighted by atomic mass is 10.1. The zero-order valence-corrected chi connectivity index (χ0v) is 15.6. The lowest BCUT2D eigenvalue weighted by Gasteiger charge is -2.16. The number of hydrogen-bond donors (Lipinski definition) is 2. The fraction of sp³-hybridized carbons (Fsp3) is 0.150. The van der Waals surface area contributed by atoms with Crippen LogP contribution in [-0.2, 0) is 11.3 Å². The van der Waals surface area contributed by atoms with Gasteiger partial charge in [0.1, 0.15) is 6.54 Å². The van der Waals surface area contributed by atoms with Crippen molar-refractivity contribution in [2.75, 3.05) is 5.32 Å². The average Bonchev–Trinajstić information content (AvgIpc) is 3.17. The Morgan fingerprint density at radius 2 is 1.79 bits per heavy atom. The molecule has 29 heavy (non-hydrogen) atoms. The summed E-state index contributed by atoms with van der Waals surface area (Å²) in [6.07, 6.45) is 1.35. The van der Waals surface area contributed by atoms with Gasteiger partial charge in [-0.1, -0.05) is 42.5 Å². The van der Waals surface area contributed by atoms with Crippen LogP contribution in [-0.4, -0.2) is 26.5 Å². The molecule has 2 N–H and O–H groups in total. The summed E-state index contributed by atoms with van der Waals surface area (Å²) in [5.74, 6) is -1.13. The number of anilines is 1. The second kappa shape index (κ2) is 8.79. The lowest BCUT2D eigenvalue weighted by Crippen LogP contribution is -2.28. The topological polar surface area (TPSA) is 119 Å². The SMILES string of the molecule is C[C@@H](NC(=O)c1ccccc1NC(=O)Cn1ccc([N+](=O)[O-])n1)c1ccccc1. The Morgan fingerprint density at radius 1 is 1.10 bits per heavy atom. The number of amides is 2. The first-order valence-electron chi connectivity index (χ1n) is 8.86. The van der Waals surface area contributed by atoms with Crippen molar-refractivity contribution in [2.24, 2.45) is 0 Å². The van der Waals surface area contributed by atoms with E-state index >= 15 is 0 Å². The predicted octanol–water partition coefficient (Wildman–Crippen LogP) is 2.92. The van der Waals surface area contributed by atoms with E-state index in [1.807, 2.05) is 37.3 Å². The quantitative estimate of drug-likeness (QED) is 0.472. The monoisotopic (exact) mass is 393 g/mol. The van der Waals surface area contributed by atoms with E-state index in [-0.39, 0.29) is 24.3 Å². The van der Waals surface area contributed by atoms with Crippen molar-refractivity contribution < 1.29 is 14.5 Å². The third-order valence-electron chi connectivity index (χ3n) is 4.21. The second-order valence-electron chi connectivity index (χ2n) is 6.33. The zero-order valence-electron chi connectivity index (χ0n) is 15.6. The maximum atomic E-state index is 12.7. The number of nitro groups is 1. The van der Waals surface area contributed by atoms with Crippen LogP contribution in [0, 0.1) is 10.1 Å². The molecule has 0 saturated heterocycles. The average molecular weight is 393 g/mol. The van der Waals surface area contributed by atoms with E-state index in [9.17, 15) is 19.7 Å². The highest BCUT2D eigenvalue weighted by Crippen LogP contribution is 2.18. The molecule has 2 amide bonds. The molecule has 0 saturated carbocycles. The number of rotatable bonds is 7. The van der Waals surface area contributed by atoms with Gasteiger partial charge in [0.15, 0.2) is 0 Å². The Hall–Kier alpha value is -4.01. The third kappa shape index (κ3) is 5.04. The van der Waals surface area contributed by atoms with Gasteiger partial charge >= 0.3 is 5.82 Å². The Morgan fingerprint density at radius 3 is 2.48 bits per heavy atom. The maximum Gasteiger partial charge on any atom is 0.389 e. The number of nitrogens with one attached hydrogen (secondary N) is 2. The Labute approximate surface area is 166 Å². The normalized spacial score (nSPS) is 11.5. The third-order valence-corrected chi connectivity index (χ3v) is 4.21. The highest BCUT2D eigenvalue weighted by Gasteiger charge is 2.17. The minimum Gasteiger partial charge on any atom is -0.358 e. The number of nitrogens with zero attached hydrogens (tertiary/aromatic N) is 3. The molecular weight excluding hydrogens is 374 g/mol. The van der Waals surface area contributed by atoms with Crippen LogP contribution >= 0.6 is 0 Å². The molecule has 0 aliphatic rings. The molecule has 0 radical (unpaired) electrons. The van der Waals surface area contributed by atoms with Crippen LogP contribution in [0.2, 0.25) is 0 Å². The molecule has 9 heteroatoms. The van der Waals surface area contributed by atoms with Gasteiger partial charge in [-0.3, -0.25) is 9.59 Å². The van der Waals surface area contributed by atoms with Crippen molar-refractivity contribution in [1.82, 2.24) is 15.1 Å². The van der Waals surface area contributed by atoms with Crippen LogP contribution in [0.4, 0.5) is 11.5 Å². The molecule has 148 valence electrons. The van der Waals surface area contributed by atoms with E-state index in [0.717, 1.165) is 10.2 Å². The van der Waals surface area contributed by atoms with Crippen LogP contribution < -0.4 is 10.6 Å². The second-order valence-corrected chi connectivity index (χ2v) is 6.33. The highest BCUT2D eigenvalue weighted by molar-refractivity contribution is 6.03. The molecule has 1 heterocycles. The van der Waals surface area contributed by atoms with Crippen LogP contribution in [0.1, 0.15) is 28.9 Å². The fourth-order valence-corrected chi connectivity index (χ4v) is 2.76. The molecule has 0 aliphatic carbocycles. The molecular formula is C20H19N5O4. The van der Waals surface area contributed by atoms with Crippen LogP contribution in [0.3, 0.4) is 0 Å². The smallest absolute Gasteiger partial charge is 0.358 e. The molecule has 2 aromatic carbocycles. The van der Waals surface area contributed by atoms with Crippen LogP contribution in [0.15, 0.2) is 66.9 Å². The largest absolute Gasteiger partial charge is 0.389 e. The molecule has 0 fully saturated rings. The van der Waals surface area contributed by atoms with Crippen molar-refractivity contribution in [2.45, 2.75) is 19.5 Å². The first-order valence-corrected chi connectivity index (χ1v) is 8.86. The molecule has 1 atom stereocenters. The van der Waals surface area contributed by atoms with Gasteiger partial charge in [-0.05, 0) is 29.5 Å². The summed E-state index contributed by atoms with van der Waals surface area (Å²) >= 11 is 0. The Bertz CT molecular complexity index is 1030. The number of carbonyl (C=O) groups excluding carboxylic acids is 2. The van der Waals surface area contributed by atoms with Gasteiger partial charge < -0.3 is 20.7 Å². The number of aromatic nitrogens is 2. The van der Waals surface area contributed by atoms with Gasteiger partial charge in [-0.2, -0.15) is 4.68 Å². The molecule has 3 aromatic rings. The van der Waals surface area contributed by atoms with Crippen molar-refractivity contribution in [3.63, 3.8) is 0 Å². The molecule has 0 unspecified atom stereocenters. The minimum absolute atomic E-state index is 0.211. The van der Waals surface area contributed by atoms with E-state index in [0.29, 0.717) is 11.3 Å². The van der Waals surface area contributed by atoms with Gasteiger partial charge in [-0.15, -0.1) is 0 Å². The predicted molar refractivity (Wildman–Crippen MR) is 106 cm³/mol. The summed E-state index contributed by atoms with van der Waals surface area (Å²) < 4.78 is 1.16. The van der Waals surface area contributed by atoms with E-state index in [4.69, 9.17) is 0 Å². The highest BCUT2D eigenvalue weighted by atomic mass is 16.6. The summed E-state index contributed by atoms with van der Waals surface area (Å²) in [7, 11) is 0. The van der Waals surface area contributed by atoms with Gasteiger partial charge in [0.25, 0.3) is 5.91 Å². The molecule has 0 aliphatic heterocycles. The van der Waals surface area contributed by atoms with Crippen molar-refractivity contribution >= 4 is 23.3 Å². The molecule has 1 aromatic heterocycles. The maximum absolute atomic E-state index is 12.7. The molecule has 0 bridgehead atoms. The summed E-state index contributed by atoms with van der Waals surface area (Å²) in [5, 5.41) is 20.0. The van der Waals surface area contributed by atoms with Crippen molar-refractivity contribution in [3.8, 4) is 0 Å². The number of para-hydroxylation sites is 1. The Kier molecular flexibility index (Phi) is 5.98. The number of hydrogen-bond acceptors (Lipinski definition) is 5. The number of benzene rings is 2. The van der Waals surface area contributed by atoms with E-state index in [1.54, 1.807) is 24.3 Å². The van der Waals surface area contributed by atoms with E-state index < -0.39 is 10.8 Å². The van der Waals surface area contributed by atoms with Crippen LogP contribution in [0.25, 0.3) is 0 Å². The summed E-state index contributed by atoms with van der Waals surface area (Å²) in [6, 6.07) is 17.2. The first-order chi connectivity index (χ1) is 13.9. The van der Waals surface area contributed by atoms with Crippen molar-refractivity contribution in [3.05, 3.63) is 88.1 Å². The lowest BCUT2D eigenvalue weighted by molar-refractivity contribution is -0.389. The van der Waals surface area contributed by atoms with Crippen molar-refractivity contribution in [1.29, 1.82) is 0 Å². The van der Waals surface area contributed by atoms with Crippen LogP contribution in [0.5, 0.6) is 0 Å². The summed E-state index contributed by atoms with van der Waals surface area (Å²) in [6.45, 7) is 1.66.